The van der Waals surface area contributed by atoms with Gasteiger partial charge in [0.2, 0.25) is 11.8 Å². The summed E-state index contributed by atoms with van der Waals surface area (Å²) in [5.41, 5.74) is 0.0831. The van der Waals surface area contributed by atoms with Gasteiger partial charge < -0.3 is 14.8 Å². The summed E-state index contributed by atoms with van der Waals surface area (Å²) >= 11 is 0. The molecule has 0 aliphatic heterocycles. The summed E-state index contributed by atoms with van der Waals surface area (Å²) in [5.74, 6) is -0.452. The zero-order valence-electron chi connectivity index (χ0n) is 16.8. The van der Waals surface area contributed by atoms with E-state index in [0.717, 1.165) is 17.1 Å². The van der Waals surface area contributed by atoms with Crippen LogP contribution in [0.25, 0.3) is 0 Å². The van der Waals surface area contributed by atoms with Gasteiger partial charge in [0.15, 0.2) is 5.82 Å². The summed E-state index contributed by atoms with van der Waals surface area (Å²) < 4.78 is 38.5. The van der Waals surface area contributed by atoms with Gasteiger partial charge in [0.25, 0.3) is 10.0 Å². The van der Waals surface area contributed by atoms with E-state index in [-0.39, 0.29) is 34.8 Å². The van der Waals surface area contributed by atoms with Gasteiger partial charge in [-0.1, -0.05) is 0 Å². The van der Waals surface area contributed by atoms with Crippen LogP contribution in [0, 0.1) is 10.1 Å². The van der Waals surface area contributed by atoms with E-state index in [4.69, 9.17) is 9.47 Å². The van der Waals surface area contributed by atoms with Crippen molar-refractivity contribution in [3.05, 3.63) is 52.8 Å². The van der Waals surface area contributed by atoms with E-state index in [1.807, 2.05) is 0 Å². The number of rotatable bonds is 9. The molecule has 1 amide bonds. The lowest BCUT2D eigenvalue weighted by molar-refractivity contribution is -0.385. The number of nitrogens with one attached hydrogen (secondary N) is 2. The first-order valence-electron chi connectivity index (χ1n) is 8.77. The van der Waals surface area contributed by atoms with Crippen LogP contribution in [0.4, 0.5) is 17.2 Å². The lowest BCUT2D eigenvalue weighted by Gasteiger charge is -2.10. The van der Waals surface area contributed by atoms with Gasteiger partial charge in [-0.2, -0.15) is 15.1 Å². The summed E-state index contributed by atoms with van der Waals surface area (Å²) in [7, 11) is -1.32. The van der Waals surface area contributed by atoms with Crippen molar-refractivity contribution in [2.75, 3.05) is 24.3 Å². The summed E-state index contributed by atoms with van der Waals surface area (Å²) in [6.45, 7) is -0.257. The highest BCUT2D eigenvalue weighted by atomic mass is 32.2. The monoisotopic (exact) mass is 463 g/mol. The van der Waals surface area contributed by atoms with Crippen LogP contribution >= 0.6 is 0 Å². The van der Waals surface area contributed by atoms with Gasteiger partial charge in [0, 0.05) is 11.8 Å². The van der Waals surface area contributed by atoms with Crippen LogP contribution in [0.1, 0.15) is 0 Å². The average Bonchev–Trinajstić information content (AvgIpc) is 3.22. The number of amides is 1. The Morgan fingerprint density at radius 2 is 1.91 bits per heavy atom. The molecule has 2 heterocycles. The SMILES string of the molecule is COc1cc(NS(=O)(=O)c2ccc(NC(=O)Cn3cc([N+](=O)[O-])cn3)cc2)nc(OC)n1. The van der Waals surface area contributed by atoms with Crippen LogP contribution in [0.2, 0.25) is 0 Å². The quantitative estimate of drug-likeness (QED) is 0.344. The number of nitrogens with zero attached hydrogens (tertiary/aromatic N) is 5. The number of hydrogen-bond donors (Lipinski definition) is 2. The molecule has 32 heavy (non-hydrogen) atoms. The first-order chi connectivity index (χ1) is 15.2. The molecule has 2 N–H and O–H groups in total. The molecular weight excluding hydrogens is 446 g/mol. The fraction of sp³-hybridized carbons (Fsp3) is 0.176. The predicted molar refractivity (Wildman–Crippen MR) is 110 cm³/mol. The van der Waals surface area contributed by atoms with E-state index < -0.39 is 20.9 Å². The highest BCUT2D eigenvalue weighted by Crippen LogP contribution is 2.21. The second kappa shape index (κ2) is 9.25. The minimum Gasteiger partial charge on any atom is -0.481 e. The number of carbonyl (C=O) groups is 1. The van der Waals surface area contributed by atoms with Gasteiger partial charge >= 0.3 is 11.7 Å². The lowest BCUT2D eigenvalue weighted by Crippen LogP contribution is -2.19. The van der Waals surface area contributed by atoms with Crippen molar-refractivity contribution >= 4 is 33.1 Å². The smallest absolute Gasteiger partial charge is 0.321 e. The van der Waals surface area contributed by atoms with E-state index in [1.165, 1.54) is 44.6 Å². The standard InChI is InChI=1S/C17H17N7O7S/c1-30-16-7-14(20-17(21-16)31-2)22-32(28,29)13-5-3-11(4-6-13)19-15(25)10-23-9-12(8-18-23)24(26)27/h3-9H,10H2,1-2H3,(H,19,25)(H,20,21,22). The number of carbonyl (C=O) groups excluding carboxylic acids is 1. The van der Waals surface area contributed by atoms with Crippen LogP contribution in [0.5, 0.6) is 11.9 Å². The van der Waals surface area contributed by atoms with E-state index >= 15 is 0 Å². The topological polar surface area (TPSA) is 180 Å². The third kappa shape index (κ3) is 5.45. The maximum Gasteiger partial charge on any atom is 0.321 e. The third-order valence-corrected chi connectivity index (χ3v) is 5.27. The zero-order valence-corrected chi connectivity index (χ0v) is 17.6. The van der Waals surface area contributed by atoms with Gasteiger partial charge in [-0.05, 0) is 24.3 Å². The molecule has 0 aliphatic rings. The first-order valence-corrected chi connectivity index (χ1v) is 10.2. The zero-order chi connectivity index (χ0) is 23.3. The van der Waals surface area contributed by atoms with Crippen molar-refractivity contribution in [3.8, 4) is 11.9 Å². The van der Waals surface area contributed by atoms with Crippen molar-refractivity contribution in [2.45, 2.75) is 11.4 Å². The number of nitro groups is 1. The molecule has 0 bridgehead atoms. The number of benzene rings is 1. The lowest BCUT2D eigenvalue weighted by atomic mass is 10.3. The van der Waals surface area contributed by atoms with Crippen molar-refractivity contribution in [3.63, 3.8) is 0 Å². The molecule has 14 nitrogen and oxygen atoms in total. The maximum atomic E-state index is 12.6. The molecule has 2 aromatic heterocycles. The molecule has 0 spiro atoms. The Kier molecular flexibility index (Phi) is 6.48. The van der Waals surface area contributed by atoms with Crippen molar-refractivity contribution < 1.29 is 27.6 Å². The van der Waals surface area contributed by atoms with Gasteiger partial charge in [-0.15, -0.1) is 0 Å². The summed E-state index contributed by atoms with van der Waals surface area (Å²) in [6.07, 6.45) is 2.15. The van der Waals surface area contributed by atoms with Crippen LogP contribution in [-0.4, -0.2) is 53.2 Å². The van der Waals surface area contributed by atoms with Gasteiger partial charge in [-0.3, -0.25) is 24.3 Å². The molecule has 3 aromatic rings. The Hall–Kier alpha value is -4.27. The Morgan fingerprint density at radius 3 is 2.50 bits per heavy atom. The van der Waals surface area contributed by atoms with E-state index in [9.17, 15) is 23.3 Å². The number of anilines is 2. The molecule has 168 valence electrons. The molecule has 3 rings (SSSR count). The van der Waals surface area contributed by atoms with Crippen molar-refractivity contribution in [1.29, 1.82) is 0 Å². The van der Waals surface area contributed by atoms with Crippen LogP contribution in [0.3, 0.4) is 0 Å². The van der Waals surface area contributed by atoms with Crippen LogP contribution < -0.4 is 19.5 Å². The Morgan fingerprint density at radius 1 is 1.19 bits per heavy atom. The maximum absolute atomic E-state index is 12.6. The second-order valence-corrected chi connectivity index (χ2v) is 7.80. The summed E-state index contributed by atoms with van der Waals surface area (Å²) in [4.78, 5) is 29.8. The third-order valence-electron chi connectivity index (χ3n) is 3.90. The Bertz CT molecular complexity index is 1220. The Balaban J connectivity index is 1.67. The molecule has 0 fully saturated rings. The molecular formula is C17H17N7O7S. The summed E-state index contributed by atoms with van der Waals surface area (Å²) in [5, 5.41) is 16.9. The number of hydrogen-bond acceptors (Lipinski definition) is 10. The van der Waals surface area contributed by atoms with Crippen molar-refractivity contribution in [2.24, 2.45) is 0 Å². The Labute approximate surface area is 181 Å². The number of aromatic nitrogens is 4. The minimum absolute atomic E-state index is 0.0561. The normalized spacial score (nSPS) is 10.9. The highest BCUT2D eigenvalue weighted by Gasteiger charge is 2.17. The molecule has 0 atom stereocenters. The fourth-order valence-electron chi connectivity index (χ4n) is 2.45. The van der Waals surface area contributed by atoms with Crippen molar-refractivity contribution in [1.82, 2.24) is 19.7 Å². The summed E-state index contributed by atoms with van der Waals surface area (Å²) in [6, 6.07) is 6.55. The second-order valence-electron chi connectivity index (χ2n) is 6.11. The van der Waals surface area contributed by atoms with E-state index in [2.05, 4.69) is 25.1 Å². The van der Waals surface area contributed by atoms with Gasteiger partial charge in [0.1, 0.15) is 18.9 Å². The van der Waals surface area contributed by atoms with E-state index in [0.29, 0.717) is 5.69 Å². The average molecular weight is 463 g/mol. The largest absolute Gasteiger partial charge is 0.481 e. The van der Waals surface area contributed by atoms with Gasteiger partial charge in [0.05, 0.1) is 24.0 Å². The molecule has 0 radical (unpaired) electrons. The first kappa shape index (κ1) is 22.4. The van der Waals surface area contributed by atoms with E-state index in [1.54, 1.807) is 0 Å². The predicted octanol–water partition coefficient (Wildman–Crippen LogP) is 1.04. The van der Waals surface area contributed by atoms with Gasteiger partial charge in [-0.25, -0.2) is 8.42 Å². The molecule has 0 saturated carbocycles. The number of methoxy groups -OCH3 is 2. The fourth-order valence-corrected chi connectivity index (χ4v) is 3.44. The highest BCUT2D eigenvalue weighted by molar-refractivity contribution is 7.92. The minimum atomic E-state index is -4.00. The number of sulfonamides is 1. The molecule has 0 unspecified atom stereocenters. The number of ether oxygens (including phenoxy) is 2. The molecule has 1 aromatic carbocycles. The van der Waals surface area contributed by atoms with Crippen LogP contribution in [-0.2, 0) is 21.4 Å². The molecule has 0 aliphatic carbocycles. The molecule has 0 saturated heterocycles. The molecule has 15 heteroatoms. The van der Waals surface area contributed by atoms with Crippen LogP contribution in [0.15, 0.2) is 47.6 Å².